The molecular weight excluding hydrogens is 290 g/mol. The smallest absolute Gasteiger partial charge is 0.311 e. The van der Waals surface area contributed by atoms with Crippen LogP contribution in [0, 0.1) is 0 Å². The lowest BCUT2D eigenvalue weighted by Gasteiger charge is -1.98. The van der Waals surface area contributed by atoms with E-state index in [-0.39, 0.29) is 18.3 Å². The van der Waals surface area contributed by atoms with Crippen LogP contribution in [0.3, 0.4) is 0 Å². The minimum atomic E-state index is -0.376. The maximum Gasteiger partial charge on any atom is 0.311 e. The van der Waals surface area contributed by atoms with Crippen molar-refractivity contribution in [2.45, 2.75) is 6.42 Å². The Kier molecular flexibility index (Phi) is 4.18. The number of aromatic amines is 1. The van der Waals surface area contributed by atoms with Crippen LogP contribution in [0.4, 0.5) is 5.13 Å². The molecular formula is C11H10ClN3O3S. The molecule has 8 heteroatoms. The van der Waals surface area contributed by atoms with E-state index in [1.807, 2.05) is 0 Å². The maximum absolute atomic E-state index is 11.8. The number of ether oxygens (including phenoxy) is 1. The van der Waals surface area contributed by atoms with Crippen LogP contribution < -0.4 is 5.32 Å². The van der Waals surface area contributed by atoms with Crippen LogP contribution in [0.5, 0.6) is 0 Å². The van der Waals surface area contributed by atoms with Gasteiger partial charge in [-0.25, -0.2) is 4.98 Å². The molecule has 2 rings (SSSR count). The largest absolute Gasteiger partial charge is 0.469 e. The summed E-state index contributed by atoms with van der Waals surface area (Å²) < 4.78 is 4.54. The van der Waals surface area contributed by atoms with Crippen LogP contribution >= 0.6 is 22.9 Å². The molecule has 0 saturated heterocycles. The van der Waals surface area contributed by atoms with Gasteiger partial charge < -0.3 is 9.72 Å². The molecule has 0 radical (unpaired) electrons. The lowest BCUT2D eigenvalue weighted by atomic mass is 10.3. The van der Waals surface area contributed by atoms with Crippen LogP contribution in [0.1, 0.15) is 16.2 Å². The molecule has 19 heavy (non-hydrogen) atoms. The third-order valence-electron chi connectivity index (χ3n) is 2.22. The van der Waals surface area contributed by atoms with Gasteiger partial charge >= 0.3 is 5.97 Å². The zero-order chi connectivity index (χ0) is 13.8. The number of carbonyl (C=O) groups excluding carboxylic acids is 2. The molecule has 0 aliphatic rings. The van der Waals surface area contributed by atoms with Crippen LogP contribution in [0.15, 0.2) is 17.6 Å². The second-order valence-corrected chi connectivity index (χ2v) is 4.88. The molecule has 0 fully saturated rings. The van der Waals surface area contributed by atoms with Crippen molar-refractivity contribution in [2.24, 2.45) is 0 Å². The van der Waals surface area contributed by atoms with Crippen LogP contribution in [-0.2, 0) is 16.0 Å². The maximum atomic E-state index is 11.8. The molecule has 0 saturated carbocycles. The zero-order valence-corrected chi connectivity index (χ0v) is 11.5. The van der Waals surface area contributed by atoms with Gasteiger partial charge in [0.1, 0.15) is 5.69 Å². The Labute approximate surface area is 117 Å². The molecule has 0 spiro atoms. The molecule has 0 bridgehead atoms. The molecule has 0 aromatic carbocycles. The number of rotatable bonds is 4. The van der Waals surface area contributed by atoms with Crippen LogP contribution in [0.25, 0.3) is 0 Å². The first-order valence-corrected chi connectivity index (χ1v) is 6.50. The Bertz CT molecular complexity index is 608. The van der Waals surface area contributed by atoms with E-state index < -0.39 is 0 Å². The normalized spacial score (nSPS) is 10.2. The first kappa shape index (κ1) is 13.6. The van der Waals surface area contributed by atoms with E-state index in [4.69, 9.17) is 11.6 Å². The lowest BCUT2D eigenvalue weighted by Crippen LogP contribution is -2.12. The van der Waals surface area contributed by atoms with Crippen molar-refractivity contribution in [3.05, 3.63) is 34.1 Å². The number of halogens is 1. The monoisotopic (exact) mass is 299 g/mol. The first-order valence-electron chi connectivity index (χ1n) is 5.25. The molecule has 0 aliphatic carbocycles. The third kappa shape index (κ3) is 3.55. The number of H-pyrrole nitrogens is 1. The van der Waals surface area contributed by atoms with Gasteiger partial charge in [-0.3, -0.25) is 14.9 Å². The van der Waals surface area contributed by atoms with E-state index in [0.29, 0.717) is 21.5 Å². The molecule has 2 aromatic heterocycles. The van der Waals surface area contributed by atoms with Crippen molar-refractivity contribution >= 4 is 39.9 Å². The summed E-state index contributed by atoms with van der Waals surface area (Å²) >= 11 is 6.94. The van der Waals surface area contributed by atoms with Crippen molar-refractivity contribution in [1.82, 2.24) is 9.97 Å². The standard InChI is InChI=1S/C11H10ClN3O3S/c1-18-9(16)3-7-5-19-11(14-7)15-10(17)8-2-6(12)4-13-8/h2,4-5,13H,3H2,1H3,(H,14,15,17). The third-order valence-corrected chi connectivity index (χ3v) is 3.24. The Morgan fingerprint density at radius 2 is 2.37 bits per heavy atom. The van der Waals surface area contributed by atoms with Gasteiger partial charge in [0.05, 0.1) is 24.2 Å². The Morgan fingerprint density at radius 1 is 1.58 bits per heavy atom. The predicted molar refractivity (Wildman–Crippen MR) is 71.6 cm³/mol. The van der Waals surface area contributed by atoms with Gasteiger partial charge in [-0.2, -0.15) is 0 Å². The Balaban J connectivity index is 2.00. The molecule has 0 aliphatic heterocycles. The average molecular weight is 300 g/mol. The average Bonchev–Trinajstić information content (AvgIpc) is 2.98. The number of aromatic nitrogens is 2. The van der Waals surface area contributed by atoms with Gasteiger partial charge in [0.2, 0.25) is 0 Å². The molecule has 0 atom stereocenters. The molecule has 2 N–H and O–H groups in total. The number of nitrogens with one attached hydrogen (secondary N) is 2. The second-order valence-electron chi connectivity index (χ2n) is 3.58. The SMILES string of the molecule is COC(=O)Cc1csc(NC(=O)c2cc(Cl)c[nH]2)n1. The van der Waals surface area contributed by atoms with Crippen LogP contribution in [-0.4, -0.2) is 29.0 Å². The van der Waals surface area contributed by atoms with Crippen molar-refractivity contribution in [1.29, 1.82) is 0 Å². The summed E-state index contributed by atoms with van der Waals surface area (Å²) in [6.45, 7) is 0. The number of esters is 1. The van der Waals surface area contributed by atoms with E-state index >= 15 is 0 Å². The number of hydrogen-bond acceptors (Lipinski definition) is 5. The highest BCUT2D eigenvalue weighted by molar-refractivity contribution is 7.14. The Hall–Kier alpha value is -1.86. The van der Waals surface area contributed by atoms with Crippen LogP contribution in [0.2, 0.25) is 5.02 Å². The fourth-order valence-corrected chi connectivity index (χ4v) is 2.20. The van der Waals surface area contributed by atoms with E-state index in [9.17, 15) is 9.59 Å². The van der Waals surface area contributed by atoms with Gasteiger partial charge in [-0.15, -0.1) is 11.3 Å². The summed E-state index contributed by atoms with van der Waals surface area (Å²) in [6.07, 6.45) is 1.60. The van der Waals surface area contributed by atoms with E-state index in [2.05, 4.69) is 20.0 Å². The number of nitrogens with zero attached hydrogens (tertiary/aromatic N) is 1. The molecule has 0 unspecified atom stereocenters. The number of methoxy groups -OCH3 is 1. The van der Waals surface area contributed by atoms with Crippen molar-refractivity contribution < 1.29 is 14.3 Å². The number of amides is 1. The highest BCUT2D eigenvalue weighted by Crippen LogP contribution is 2.17. The summed E-state index contributed by atoms with van der Waals surface area (Å²) in [7, 11) is 1.31. The van der Waals surface area contributed by atoms with E-state index in [1.165, 1.54) is 30.7 Å². The van der Waals surface area contributed by atoms with Gasteiger partial charge in [0.25, 0.3) is 5.91 Å². The predicted octanol–water partition coefficient (Wildman–Crippen LogP) is 2.09. The zero-order valence-electron chi connectivity index (χ0n) is 9.90. The summed E-state index contributed by atoms with van der Waals surface area (Å²) in [5.41, 5.74) is 0.895. The molecule has 1 amide bonds. The molecule has 2 aromatic rings. The number of anilines is 1. The summed E-state index contributed by atoms with van der Waals surface area (Å²) in [4.78, 5) is 29.7. The number of carbonyl (C=O) groups is 2. The van der Waals surface area contributed by atoms with Gasteiger partial charge in [0, 0.05) is 11.6 Å². The number of thiazole rings is 1. The van der Waals surface area contributed by atoms with E-state index in [0.717, 1.165) is 0 Å². The van der Waals surface area contributed by atoms with E-state index in [1.54, 1.807) is 5.38 Å². The Morgan fingerprint density at radius 3 is 3.00 bits per heavy atom. The molecule has 2 heterocycles. The summed E-state index contributed by atoms with van der Waals surface area (Å²) in [5, 5.41) is 5.16. The molecule has 6 nitrogen and oxygen atoms in total. The second kappa shape index (κ2) is 5.85. The van der Waals surface area contributed by atoms with Gasteiger partial charge in [-0.1, -0.05) is 11.6 Å². The van der Waals surface area contributed by atoms with Gasteiger partial charge in [-0.05, 0) is 6.07 Å². The highest BCUT2D eigenvalue weighted by atomic mass is 35.5. The van der Waals surface area contributed by atoms with Crippen molar-refractivity contribution in [3.63, 3.8) is 0 Å². The topological polar surface area (TPSA) is 84.1 Å². The minimum absolute atomic E-state index is 0.0806. The number of hydrogen-bond donors (Lipinski definition) is 2. The molecule has 100 valence electrons. The summed E-state index contributed by atoms with van der Waals surface area (Å²) in [5.74, 6) is -0.717. The minimum Gasteiger partial charge on any atom is -0.469 e. The fourth-order valence-electron chi connectivity index (χ4n) is 1.33. The highest BCUT2D eigenvalue weighted by Gasteiger charge is 2.12. The van der Waals surface area contributed by atoms with Gasteiger partial charge in [0.15, 0.2) is 5.13 Å². The summed E-state index contributed by atoms with van der Waals surface area (Å²) in [6, 6.07) is 1.51. The lowest BCUT2D eigenvalue weighted by molar-refractivity contribution is -0.139. The fraction of sp³-hybridized carbons (Fsp3) is 0.182. The van der Waals surface area contributed by atoms with Crippen molar-refractivity contribution in [3.8, 4) is 0 Å². The van der Waals surface area contributed by atoms with Crippen molar-refractivity contribution in [2.75, 3.05) is 12.4 Å². The first-order chi connectivity index (χ1) is 9.08. The quantitative estimate of drug-likeness (QED) is 0.847.